The highest BCUT2D eigenvalue weighted by atomic mass is 16.7. The van der Waals surface area contributed by atoms with Crippen LogP contribution in [0.1, 0.15) is 51.9 Å². The van der Waals surface area contributed by atoms with Crippen LogP contribution in [-0.4, -0.2) is 37.6 Å². The van der Waals surface area contributed by atoms with E-state index in [1.807, 2.05) is 36.4 Å². The Morgan fingerprint density at radius 3 is 2.22 bits per heavy atom. The molecule has 0 saturated carbocycles. The number of hydrogen-bond acceptors (Lipinski definition) is 6. The first kappa shape index (κ1) is 25.9. The number of nitrogens with zero attached hydrogens (tertiary/aromatic N) is 4. The van der Waals surface area contributed by atoms with Crippen molar-refractivity contribution in [3.63, 3.8) is 0 Å². The zero-order valence-corrected chi connectivity index (χ0v) is 22.3. The first-order chi connectivity index (χ1) is 19.9. The Bertz CT molecular complexity index is 1770. The van der Waals surface area contributed by atoms with E-state index in [9.17, 15) is 14.4 Å². The summed E-state index contributed by atoms with van der Waals surface area (Å²) in [4.78, 5) is 47.8. The van der Waals surface area contributed by atoms with Gasteiger partial charge in [0.25, 0.3) is 11.8 Å². The lowest BCUT2D eigenvalue weighted by molar-refractivity contribution is 0.0925. The number of rotatable bonds is 8. The van der Waals surface area contributed by atoms with Crippen molar-refractivity contribution in [2.45, 2.75) is 32.7 Å². The number of amides is 2. The molecular formula is C32H26N4O5. The minimum atomic E-state index is -1.36. The van der Waals surface area contributed by atoms with Gasteiger partial charge >= 0.3 is 6.16 Å². The third kappa shape index (κ3) is 4.82. The second kappa shape index (κ2) is 10.7. The molecule has 0 atom stereocenters. The van der Waals surface area contributed by atoms with Gasteiger partial charge in [-0.05, 0) is 41.8 Å². The summed E-state index contributed by atoms with van der Waals surface area (Å²) in [5.74, 6) is 0.409. The van der Waals surface area contributed by atoms with E-state index in [0.717, 1.165) is 41.1 Å². The lowest BCUT2D eigenvalue weighted by atomic mass is 10.0. The van der Waals surface area contributed by atoms with Gasteiger partial charge in [0.05, 0.1) is 29.6 Å². The van der Waals surface area contributed by atoms with Gasteiger partial charge in [0.1, 0.15) is 17.1 Å². The van der Waals surface area contributed by atoms with E-state index in [1.165, 1.54) is 0 Å². The summed E-state index contributed by atoms with van der Waals surface area (Å²) in [5, 5.41) is 9.07. The Balaban J connectivity index is 1.32. The lowest BCUT2D eigenvalue weighted by Gasteiger charge is -2.14. The zero-order valence-electron chi connectivity index (χ0n) is 22.3. The monoisotopic (exact) mass is 546 g/mol. The molecule has 204 valence electrons. The molecule has 1 N–H and O–H groups in total. The maximum absolute atomic E-state index is 13.0. The van der Waals surface area contributed by atoms with Crippen LogP contribution >= 0.6 is 0 Å². The summed E-state index contributed by atoms with van der Waals surface area (Å²) in [6, 6.07) is 23.4. The number of aromatic nitrogens is 3. The first-order valence-electron chi connectivity index (χ1n) is 13.4. The highest BCUT2D eigenvalue weighted by Crippen LogP contribution is 2.32. The van der Waals surface area contributed by atoms with E-state index >= 15 is 0 Å². The van der Waals surface area contributed by atoms with Crippen LogP contribution in [0.3, 0.4) is 0 Å². The normalized spacial score (nSPS) is 12.7. The number of ether oxygens (including phenoxy) is 1. The molecule has 9 nitrogen and oxygen atoms in total. The van der Waals surface area contributed by atoms with Crippen molar-refractivity contribution >= 4 is 34.8 Å². The molecule has 0 spiro atoms. The third-order valence-electron chi connectivity index (χ3n) is 7.15. The number of carbonyl (C=O) groups is 3. The molecule has 0 fully saturated rings. The van der Waals surface area contributed by atoms with E-state index in [-0.39, 0.29) is 17.6 Å². The van der Waals surface area contributed by atoms with Crippen molar-refractivity contribution in [3.05, 3.63) is 108 Å². The van der Waals surface area contributed by atoms with Gasteiger partial charge in [0.15, 0.2) is 5.65 Å². The smallest absolute Gasteiger partial charge is 0.449 e. The number of para-hydroxylation sites is 1. The van der Waals surface area contributed by atoms with Crippen LogP contribution in [0.4, 0.5) is 10.5 Å². The van der Waals surface area contributed by atoms with Gasteiger partial charge < -0.3 is 14.4 Å². The van der Waals surface area contributed by atoms with E-state index in [2.05, 4.69) is 16.5 Å². The molecular weight excluding hydrogens is 520 g/mol. The average molecular weight is 547 g/mol. The number of unbranched alkanes of at least 4 members (excludes halogenated alkanes) is 1. The SMILES string of the molecule is CCCCc1nc2cc(N3C(=O)c4ccccc4C3=O)cnc2n1Cc1ccc(-c2ccccc2OC(=O)O)cc1. The quantitative estimate of drug-likeness (QED) is 0.137. The van der Waals surface area contributed by atoms with Crippen LogP contribution in [0.5, 0.6) is 5.75 Å². The average Bonchev–Trinajstić information content (AvgIpc) is 3.45. The van der Waals surface area contributed by atoms with Crippen molar-refractivity contribution in [1.29, 1.82) is 0 Å². The Morgan fingerprint density at radius 2 is 1.56 bits per heavy atom. The fourth-order valence-corrected chi connectivity index (χ4v) is 5.15. The summed E-state index contributed by atoms with van der Waals surface area (Å²) in [7, 11) is 0. The number of fused-ring (bicyclic) bond motifs is 2. The molecule has 41 heavy (non-hydrogen) atoms. The maximum Gasteiger partial charge on any atom is 0.511 e. The topological polar surface area (TPSA) is 115 Å². The number of anilines is 1. The molecule has 2 aromatic heterocycles. The van der Waals surface area contributed by atoms with Crippen LogP contribution in [0, 0.1) is 0 Å². The number of carbonyl (C=O) groups excluding carboxylic acids is 2. The summed E-state index contributed by atoms with van der Waals surface area (Å²) in [6.07, 6.45) is 2.90. The van der Waals surface area contributed by atoms with Crippen molar-refractivity contribution in [2.75, 3.05) is 4.90 Å². The predicted octanol–water partition coefficient (Wildman–Crippen LogP) is 6.35. The van der Waals surface area contributed by atoms with E-state index < -0.39 is 6.16 Å². The minimum Gasteiger partial charge on any atom is -0.449 e. The van der Waals surface area contributed by atoms with Gasteiger partial charge in [-0.1, -0.05) is 67.9 Å². The number of carboxylic acid groups (broad SMARTS) is 1. The first-order valence-corrected chi connectivity index (χ1v) is 13.4. The molecule has 2 amide bonds. The molecule has 0 bridgehead atoms. The number of pyridine rings is 1. The Kier molecular flexibility index (Phi) is 6.76. The van der Waals surface area contributed by atoms with Gasteiger partial charge in [0, 0.05) is 12.0 Å². The molecule has 5 aromatic rings. The Morgan fingerprint density at radius 1 is 0.902 bits per heavy atom. The minimum absolute atomic E-state index is 0.272. The second-order valence-corrected chi connectivity index (χ2v) is 9.81. The van der Waals surface area contributed by atoms with Crippen LogP contribution in [0.15, 0.2) is 85.1 Å². The molecule has 0 radical (unpaired) electrons. The van der Waals surface area contributed by atoms with Gasteiger partial charge in [-0.25, -0.2) is 19.7 Å². The van der Waals surface area contributed by atoms with E-state index in [1.54, 1.807) is 48.7 Å². The Labute approximate surface area is 235 Å². The number of benzene rings is 3. The fourth-order valence-electron chi connectivity index (χ4n) is 5.15. The van der Waals surface area contributed by atoms with Crippen molar-refractivity contribution < 1.29 is 24.2 Å². The molecule has 9 heteroatoms. The van der Waals surface area contributed by atoms with Gasteiger partial charge in [-0.15, -0.1) is 0 Å². The maximum atomic E-state index is 13.0. The van der Waals surface area contributed by atoms with Crippen molar-refractivity contribution in [2.24, 2.45) is 0 Å². The Hall–Kier alpha value is -5.31. The fraction of sp³-hybridized carbons (Fsp3) is 0.156. The summed E-state index contributed by atoms with van der Waals surface area (Å²) < 4.78 is 7.01. The largest absolute Gasteiger partial charge is 0.511 e. The summed E-state index contributed by atoms with van der Waals surface area (Å²) in [6.45, 7) is 2.64. The van der Waals surface area contributed by atoms with Gasteiger partial charge in [-0.2, -0.15) is 0 Å². The summed E-state index contributed by atoms with van der Waals surface area (Å²) in [5.41, 5.74) is 4.95. The van der Waals surface area contributed by atoms with E-state index in [0.29, 0.717) is 40.1 Å². The van der Waals surface area contributed by atoms with Crippen LogP contribution in [-0.2, 0) is 13.0 Å². The number of imidazole rings is 1. The molecule has 6 rings (SSSR count). The molecule has 3 aromatic carbocycles. The molecule has 0 unspecified atom stereocenters. The predicted molar refractivity (Wildman–Crippen MR) is 153 cm³/mol. The zero-order chi connectivity index (χ0) is 28.5. The standard InChI is InChI=1S/C32H26N4O5/c1-2-3-12-28-34-26-17-22(36-30(37)24-9-4-5-10-25(24)31(36)38)18-33-29(26)35(28)19-20-13-15-21(16-14-20)23-8-6-7-11-27(23)41-32(39)40/h4-11,13-18H,2-3,12,19H2,1H3,(H,39,40). The highest BCUT2D eigenvalue weighted by molar-refractivity contribution is 6.34. The number of imide groups is 1. The second-order valence-electron chi connectivity index (χ2n) is 9.81. The lowest BCUT2D eigenvalue weighted by Crippen LogP contribution is -2.29. The van der Waals surface area contributed by atoms with Crippen molar-refractivity contribution in [3.8, 4) is 16.9 Å². The van der Waals surface area contributed by atoms with Crippen LogP contribution in [0.2, 0.25) is 0 Å². The highest BCUT2D eigenvalue weighted by Gasteiger charge is 2.36. The number of aryl methyl sites for hydroxylation is 1. The molecule has 3 heterocycles. The van der Waals surface area contributed by atoms with E-state index in [4.69, 9.17) is 14.8 Å². The molecule has 1 aliphatic heterocycles. The molecule has 0 saturated heterocycles. The van der Waals surface area contributed by atoms with Crippen molar-refractivity contribution in [1.82, 2.24) is 14.5 Å². The number of hydrogen-bond donors (Lipinski definition) is 1. The van der Waals surface area contributed by atoms with Gasteiger partial charge in [-0.3, -0.25) is 9.59 Å². The molecule has 1 aliphatic rings. The van der Waals surface area contributed by atoms with Crippen LogP contribution < -0.4 is 9.64 Å². The third-order valence-corrected chi connectivity index (χ3v) is 7.15. The van der Waals surface area contributed by atoms with Gasteiger partial charge in [0.2, 0.25) is 0 Å². The van der Waals surface area contributed by atoms with Crippen LogP contribution in [0.25, 0.3) is 22.3 Å². The summed E-state index contributed by atoms with van der Waals surface area (Å²) >= 11 is 0. The molecule has 0 aliphatic carbocycles.